The molecule has 0 aromatic heterocycles. The summed E-state index contributed by atoms with van der Waals surface area (Å²) >= 11 is 0. The van der Waals surface area contributed by atoms with Crippen molar-refractivity contribution in [2.24, 2.45) is 5.92 Å². The monoisotopic (exact) mass is 290 g/mol. The second kappa shape index (κ2) is 7.81. The van der Waals surface area contributed by atoms with Crippen LogP contribution in [0.5, 0.6) is 5.75 Å². The molecule has 1 aliphatic rings. The van der Waals surface area contributed by atoms with Gasteiger partial charge in [-0.1, -0.05) is 13.0 Å². The summed E-state index contributed by atoms with van der Waals surface area (Å²) in [6.45, 7) is 10.3. The van der Waals surface area contributed by atoms with Crippen LogP contribution in [-0.2, 0) is 6.54 Å². The molecular weight excluding hydrogens is 260 g/mol. The van der Waals surface area contributed by atoms with Crippen molar-refractivity contribution in [2.75, 3.05) is 26.7 Å². The predicted octanol–water partition coefficient (Wildman–Crippen LogP) is 3.60. The van der Waals surface area contributed by atoms with Gasteiger partial charge in [0, 0.05) is 24.7 Å². The summed E-state index contributed by atoms with van der Waals surface area (Å²) in [4.78, 5) is 2.43. The van der Waals surface area contributed by atoms with E-state index in [1.165, 1.54) is 30.5 Å². The highest BCUT2D eigenvalue weighted by atomic mass is 16.5. The van der Waals surface area contributed by atoms with Crippen molar-refractivity contribution in [1.29, 1.82) is 0 Å². The van der Waals surface area contributed by atoms with Gasteiger partial charge in [-0.15, -0.1) is 0 Å². The molecule has 0 bridgehead atoms. The minimum atomic E-state index is 0.387. The molecule has 1 saturated carbocycles. The van der Waals surface area contributed by atoms with Gasteiger partial charge >= 0.3 is 0 Å². The Morgan fingerprint density at radius 2 is 2.10 bits per heavy atom. The fourth-order valence-corrected chi connectivity index (χ4v) is 2.81. The van der Waals surface area contributed by atoms with Crippen LogP contribution in [0.4, 0.5) is 0 Å². The molecule has 0 amide bonds. The number of benzene rings is 1. The molecule has 1 N–H and O–H groups in total. The van der Waals surface area contributed by atoms with E-state index in [9.17, 15) is 0 Å². The molecule has 3 heteroatoms. The van der Waals surface area contributed by atoms with Crippen molar-refractivity contribution in [3.63, 3.8) is 0 Å². The van der Waals surface area contributed by atoms with E-state index in [0.29, 0.717) is 6.04 Å². The summed E-state index contributed by atoms with van der Waals surface area (Å²) in [5, 5.41) is 3.48. The van der Waals surface area contributed by atoms with E-state index in [2.05, 4.69) is 49.3 Å². The first-order chi connectivity index (χ1) is 10.1. The molecule has 1 aliphatic carbocycles. The molecule has 0 radical (unpaired) electrons. The van der Waals surface area contributed by atoms with Gasteiger partial charge in [0.15, 0.2) is 0 Å². The van der Waals surface area contributed by atoms with Crippen LogP contribution < -0.4 is 10.1 Å². The lowest BCUT2D eigenvalue weighted by molar-refractivity contribution is 0.294. The summed E-state index contributed by atoms with van der Waals surface area (Å²) in [5.74, 6) is 1.96. The van der Waals surface area contributed by atoms with Crippen LogP contribution in [-0.4, -0.2) is 31.6 Å². The maximum absolute atomic E-state index is 5.81. The summed E-state index contributed by atoms with van der Waals surface area (Å²) in [7, 11) is 2.22. The third-order valence-corrected chi connectivity index (χ3v) is 4.10. The van der Waals surface area contributed by atoms with Gasteiger partial charge in [0.1, 0.15) is 5.75 Å². The summed E-state index contributed by atoms with van der Waals surface area (Å²) < 4.78 is 5.81. The summed E-state index contributed by atoms with van der Waals surface area (Å²) in [6, 6.07) is 7.01. The van der Waals surface area contributed by atoms with Crippen LogP contribution in [0.2, 0.25) is 0 Å². The average molecular weight is 290 g/mol. The Hall–Kier alpha value is -1.06. The third kappa shape index (κ3) is 5.01. The largest absolute Gasteiger partial charge is 0.494 e. The van der Waals surface area contributed by atoms with E-state index in [1.54, 1.807) is 0 Å². The Morgan fingerprint density at radius 3 is 2.71 bits per heavy atom. The van der Waals surface area contributed by atoms with E-state index in [-0.39, 0.29) is 0 Å². The highest BCUT2D eigenvalue weighted by molar-refractivity contribution is 5.38. The number of hydrogen-bond acceptors (Lipinski definition) is 3. The van der Waals surface area contributed by atoms with E-state index < -0.39 is 0 Å². The van der Waals surface area contributed by atoms with E-state index in [1.807, 2.05) is 6.92 Å². The highest BCUT2D eigenvalue weighted by Gasteiger charge is 2.23. The van der Waals surface area contributed by atoms with Gasteiger partial charge in [-0.2, -0.15) is 0 Å². The fraction of sp³-hybridized carbons (Fsp3) is 0.667. The maximum atomic E-state index is 5.81. The van der Waals surface area contributed by atoms with Crippen LogP contribution in [0.1, 0.15) is 50.8 Å². The molecule has 1 aromatic rings. The Bertz CT molecular complexity index is 443. The summed E-state index contributed by atoms with van der Waals surface area (Å²) in [5.41, 5.74) is 2.65. The van der Waals surface area contributed by atoms with Crippen molar-refractivity contribution in [3.05, 3.63) is 29.3 Å². The quantitative estimate of drug-likeness (QED) is 0.752. The minimum absolute atomic E-state index is 0.387. The van der Waals surface area contributed by atoms with Crippen molar-refractivity contribution in [1.82, 2.24) is 10.2 Å². The van der Waals surface area contributed by atoms with E-state index in [4.69, 9.17) is 4.74 Å². The van der Waals surface area contributed by atoms with Gasteiger partial charge in [-0.05, 0) is 63.9 Å². The van der Waals surface area contributed by atoms with Crippen molar-refractivity contribution in [3.8, 4) is 5.75 Å². The first kappa shape index (κ1) is 16.3. The molecule has 0 aliphatic heterocycles. The van der Waals surface area contributed by atoms with Crippen LogP contribution >= 0.6 is 0 Å². The van der Waals surface area contributed by atoms with Gasteiger partial charge in [0.2, 0.25) is 0 Å². The molecule has 2 rings (SSSR count). The molecule has 1 unspecified atom stereocenters. The fourth-order valence-electron chi connectivity index (χ4n) is 2.81. The highest BCUT2D eigenvalue weighted by Crippen LogP contribution is 2.31. The molecule has 118 valence electrons. The first-order valence-corrected chi connectivity index (χ1v) is 8.31. The number of hydrogen-bond donors (Lipinski definition) is 1. The molecular formula is C18H30N2O. The zero-order chi connectivity index (χ0) is 15.2. The van der Waals surface area contributed by atoms with Crippen molar-refractivity contribution in [2.45, 2.75) is 46.2 Å². The number of rotatable bonds is 9. The molecule has 3 nitrogen and oxygen atoms in total. The first-order valence-electron chi connectivity index (χ1n) is 8.31. The number of nitrogens with one attached hydrogen (secondary N) is 1. The smallest absolute Gasteiger partial charge is 0.123 e. The SMILES string of the molecule is CCNC(C)c1ccc(OCC)c(CN(C)CC2CC2)c1. The van der Waals surface area contributed by atoms with Crippen LogP contribution in [0.3, 0.4) is 0 Å². The molecule has 21 heavy (non-hydrogen) atoms. The van der Waals surface area contributed by atoms with Crippen LogP contribution in [0.15, 0.2) is 18.2 Å². The molecule has 1 atom stereocenters. The molecule has 0 saturated heterocycles. The zero-order valence-electron chi connectivity index (χ0n) is 14.0. The molecule has 1 aromatic carbocycles. The minimum Gasteiger partial charge on any atom is -0.494 e. The van der Waals surface area contributed by atoms with Gasteiger partial charge in [0.05, 0.1) is 6.61 Å². The maximum Gasteiger partial charge on any atom is 0.123 e. The normalized spacial score (nSPS) is 16.2. The van der Waals surface area contributed by atoms with Gasteiger partial charge in [0.25, 0.3) is 0 Å². The Kier molecular flexibility index (Phi) is 6.07. The topological polar surface area (TPSA) is 24.5 Å². The number of ether oxygens (including phenoxy) is 1. The zero-order valence-corrected chi connectivity index (χ0v) is 14.0. The van der Waals surface area contributed by atoms with Gasteiger partial charge in [-0.25, -0.2) is 0 Å². The van der Waals surface area contributed by atoms with Gasteiger partial charge in [-0.3, -0.25) is 0 Å². The van der Waals surface area contributed by atoms with E-state index in [0.717, 1.165) is 31.4 Å². The van der Waals surface area contributed by atoms with Crippen molar-refractivity contribution >= 4 is 0 Å². The van der Waals surface area contributed by atoms with Crippen LogP contribution in [0, 0.1) is 5.92 Å². The Balaban J connectivity index is 2.10. The molecule has 0 heterocycles. The molecule has 0 spiro atoms. The third-order valence-electron chi connectivity index (χ3n) is 4.10. The lowest BCUT2D eigenvalue weighted by Gasteiger charge is -2.21. The molecule has 1 fully saturated rings. The Labute approximate surface area is 129 Å². The Morgan fingerprint density at radius 1 is 1.33 bits per heavy atom. The second-order valence-electron chi connectivity index (χ2n) is 6.22. The van der Waals surface area contributed by atoms with E-state index >= 15 is 0 Å². The van der Waals surface area contributed by atoms with Crippen molar-refractivity contribution < 1.29 is 4.74 Å². The van der Waals surface area contributed by atoms with Gasteiger partial charge < -0.3 is 15.0 Å². The average Bonchev–Trinajstić information content (AvgIpc) is 3.25. The standard InChI is InChI=1S/C18H30N2O/c1-5-19-14(3)16-9-10-18(21-6-2)17(11-16)13-20(4)12-15-7-8-15/h9-11,14-15,19H,5-8,12-13H2,1-4H3. The number of nitrogens with zero attached hydrogens (tertiary/aromatic N) is 1. The predicted molar refractivity (Wildman–Crippen MR) is 88.8 cm³/mol. The summed E-state index contributed by atoms with van der Waals surface area (Å²) in [6.07, 6.45) is 2.81. The second-order valence-corrected chi connectivity index (χ2v) is 6.22. The lowest BCUT2D eigenvalue weighted by Crippen LogP contribution is -2.22. The lowest BCUT2D eigenvalue weighted by atomic mass is 10.0. The van der Waals surface area contributed by atoms with Crippen LogP contribution in [0.25, 0.3) is 0 Å².